The van der Waals surface area contributed by atoms with Crippen molar-refractivity contribution in [1.82, 2.24) is 10.2 Å². The Hall–Kier alpha value is -2.40. The topological polar surface area (TPSA) is 86.7 Å². The van der Waals surface area contributed by atoms with Gasteiger partial charge in [-0.3, -0.25) is 9.69 Å². The number of rotatable bonds is 8. The highest BCUT2D eigenvalue weighted by atomic mass is 127. The van der Waals surface area contributed by atoms with Gasteiger partial charge in [-0.15, -0.1) is 0 Å². The van der Waals surface area contributed by atoms with Crippen molar-refractivity contribution in [2.24, 2.45) is 0 Å². The lowest BCUT2D eigenvalue weighted by Crippen LogP contribution is -2.52. The van der Waals surface area contributed by atoms with E-state index in [1.165, 1.54) is 12.1 Å². The van der Waals surface area contributed by atoms with Crippen molar-refractivity contribution in [3.05, 3.63) is 75.0 Å². The first-order valence-electron chi connectivity index (χ1n) is 12.2. The number of carboxylic acid groups (broad SMARTS) is 1. The number of hydrogen-bond donors (Lipinski definition) is 2. The normalized spacial score (nSPS) is 21.7. The van der Waals surface area contributed by atoms with Gasteiger partial charge in [0, 0.05) is 34.0 Å². The molecule has 41 heavy (non-hydrogen) atoms. The first-order valence-corrected chi connectivity index (χ1v) is 14.8. The van der Waals surface area contributed by atoms with Crippen LogP contribution in [0.1, 0.15) is 29.5 Å². The number of benzene rings is 2. The van der Waals surface area contributed by atoms with Crippen molar-refractivity contribution in [1.29, 1.82) is 0 Å². The van der Waals surface area contributed by atoms with Crippen molar-refractivity contribution >= 4 is 38.4 Å². The molecule has 1 fully saturated rings. The number of fused-ring (bicyclic) bond motifs is 3. The zero-order valence-electron chi connectivity index (χ0n) is 21.1. The summed E-state index contributed by atoms with van der Waals surface area (Å²) in [7, 11) is -4.32. The number of halogens is 8. The number of nitrogens with zero attached hydrogens (tertiary/aromatic N) is 1. The minimum atomic E-state index is -6.31. The second-order valence-electron chi connectivity index (χ2n) is 10.00. The van der Waals surface area contributed by atoms with E-state index in [1.54, 1.807) is 17.0 Å². The summed E-state index contributed by atoms with van der Waals surface area (Å²) in [5.74, 6) is -1.15. The third-order valence-corrected chi connectivity index (χ3v) is 10.9. The molecule has 4 rings (SSSR count). The second kappa shape index (κ2) is 10.7. The highest BCUT2D eigenvalue weighted by molar-refractivity contribution is 14.1. The van der Waals surface area contributed by atoms with Crippen molar-refractivity contribution < 1.29 is 49.1 Å². The van der Waals surface area contributed by atoms with Crippen LogP contribution in [0.15, 0.2) is 59.6 Å². The summed E-state index contributed by atoms with van der Waals surface area (Å²) in [6.07, 6.45) is -12.8. The molecule has 0 amide bonds. The quantitative estimate of drug-likeness (QED) is 0.279. The van der Waals surface area contributed by atoms with E-state index in [2.05, 4.69) is 11.9 Å². The van der Waals surface area contributed by atoms with Gasteiger partial charge < -0.3 is 10.4 Å². The van der Waals surface area contributed by atoms with Crippen LogP contribution >= 0.6 is 22.6 Å². The smallest absolute Gasteiger partial charge is 0.435 e. The number of sulfone groups is 1. The van der Waals surface area contributed by atoms with Gasteiger partial charge in [-0.2, -0.15) is 26.3 Å². The Morgan fingerprint density at radius 3 is 2.24 bits per heavy atom. The van der Waals surface area contributed by atoms with Gasteiger partial charge in [0.05, 0.1) is 4.90 Å². The Kier molecular flexibility index (Phi) is 8.23. The Morgan fingerprint density at radius 2 is 1.68 bits per heavy atom. The monoisotopic (exact) mass is 720 g/mol. The Labute approximate surface area is 244 Å². The lowest BCUT2D eigenvalue weighted by Gasteiger charge is -2.43. The molecule has 1 heterocycles. The molecule has 2 atom stereocenters. The van der Waals surface area contributed by atoms with Crippen LogP contribution in [0.2, 0.25) is 0 Å². The fourth-order valence-corrected chi connectivity index (χ4v) is 8.59. The Morgan fingerprint density at radius 1 is 1.07 bits per heavy atom. The van der Waals surface area contributed by atoms with Gasteiger partial charge in [0.1, 0.15) is 11.3 Å². The fraction of sp³-hybridized carbons (Fsp3) is 0.423. The lowest BCUT2D eigenvalue weighted by atomic mass is 9.76. The molecule has 0 bridgehead atoms. The minimum Gasteiger partial charge on any atom is -0.480 e. The molecule has 0 saturated carbocycles. The molecule has 1 aliphatic carbocycles. The van der Waals surface area contributed by atoms with E-state index in [1.807, 2.05) is 22.6 Å². The largest absolute Gasteiger partial charge is 0.480 e. The number of alkyl halides is 7. The van der Waals surface area contributed by atoms with Crippen LogP contribution in [-0.4, -0.2) is 62.4 Å². The molecule has 0 aromatic heterocycles. The lowest BCUT2D eigenvalue weighted by molar-refractivity contribution is -0.348. The van der Waals surface area contributed by atoms with Gasteiger partial charge in [-0.1, -0.05) is 24.8 Å². The summed E-state index contributed by atoms with van der Waals surface area (Å²) in [6, 6.07) is 6.79. The summed E-state index contributed by atoms with van der Waals surface area (Å²) in [5.41, 5.74) is -7.14. The summed E-state index contributed by atoms with van der Waals surface area (Å²) < 4.78 is 123. The minimum absolute atomic E-state index is 0.00866. The van der Waals surface area contributed by atoms with Crippen molar-refractivity contribution in [3.8, 4) is 0 Å². The van der Waals surface area contributed by atoms with E-state index in [9.17, 15) is 43.9 Å². The number of carboxylic acids is 1. The number of aryl methyl sites for hydroxylation is 1. The molecule has 2 aliphatic rings. The zero-order chi connectivity index (χ0) is 30.6. The van der Waals surface area contributed by atoms with E-state index in [0.29, 0.717) is 12.1 Å². The van der Waals surface area contributed by atoms with Gasteiger partial charge in [0.2, 0.25) is 0 Å². The molecule has 2 aromatic carbocycles. The molecule has 6 nitrogen and oxygen atoms in total. The molecule has 0 spiro atoms. The molecule has 224 valence electrons. The maximum absolute atomic E-state index is 14.9. The molecule has 0 radical (unpaired) electrons. The van der Waals surface area contributed by atoms with E-state index in [4.69, 9.17) is 5.11 Å². The summed E-state index contributed by atoms with van der Waals surface area (Å²) >= 11 is 1.98. The average molecular weight is 720 g/mol. The van der Waals surface area contributed by atoms with E-state index in [-0.39, 0.29) is 54.1 Å². The molecule has 2 N–H and O–H groups in total. The Balaban J connectivity index is 1.87. The predicted octanol–water partition coefficient (Wildman–Crippen LogP) is 5.46. The zero-order valence-corrected chi connectivity index (χ0v) is 24.1. The SMILES string of the molecule is C=C(CN1CC[C@@]2(S(=O)(=O)c3ccc(I)cc3)c3ccc(C(F)(C(F)(F)F)C(F)(F)F)cc3CC[C@@H]12)NCC(=O)O. The van der Waals surface area contributed by atoms with Gasteiger partial charge >= 0.3 is 24.0 Å². The highest BCUT2D eigenvalue weighted by Gasteiger charge is 2.73. The van der Waals surface area contributed by atoms with Crippen LogP contribution in [-0.2, 0) is 31.5 Å². The third-order valence-electron chi connectivity index (χ3n) is 7.66. The van der Waals surface area contributed by atoms with E-state index >= 15 is 0 Å². The number of hydrogen-bond acceptors (Lipinski definition) is 5. The van der Waals surface area contributed by atoms with Gasteiger partial charge in [0.25, 0.3) is 0 Å². The number of nitrogens with one attached hydrogen (secondary N) is 1. The standard InChI is InChI=1S/C26H24F7IN2O4S/c1-15(35-13-22(37)38)14-36-11-10-23(41(39,40)19-6-4-18(34)5-7-19)20-8-3-17(12-16(20)2-9-21(23)36)24(27,25(28,29)30)26(31,32)33/h3-8,12,21,35H,1-2,9-11,13-14H2,(H,37,38)/t21-,23-/m1/s1. The van der Waals surface area contributed by atoms with E-state index < -0.39 is 56.7 Å². The first kappa shape index (κ1) is 31.5. The average Bonchev–Trinajstić information content (AvgIpc) is 3.25. The van der Waals surface area contributed by atoms with Gasteiger partial charge in [0.15, 0.2) is 9.84 Å². The number of aliphatic carboxylic acids is 1. The first-order chi connectivity index (χ1) is 18.9. The van der Waals surface area contributed by atoms with E-state index in [0.717, 1.165) is 9.64 Å². The van der Waals surface area contributed by atoms with Crippen LogP contribution in [0.3, 0.4) is 0 Å². The molecular formula is C26H24F7IN2O4S. The molecule has 1 aliphatic heterocycles. The van der Waals surface area contributed by atoms with Gasteiger partial charge in [-0.05, 0) is 77.2 Å². The summed E-state index contributed by atoms with van der Waals surface area (Å²) in [5, 5.41) is 11.6. The molecule has 2 aromatic rings. The number of carbonyl (C=O) groups is 1. The molecule has 1 saturated heterocycles. The highest BCUT2D eigenvalue weighted by Crippen LogP contribution is 2.56. The third kappa shape index (κ3) is 5.21. The summed E-state index contributed by atoms with van der Waals surface area (Å²) in [6.45, 7) is 3.56. The van der Waals surface area contributed by atoms with Crippen LogP contribution in [0.4, 0.5) is 30.7 Å². The molecule has 15 heteroatoms. The van der Waals surface area contributed by atoms with Crippen LogP contribution in [0, 0.1) is 3.57 Å². The predicted molar refractivity (Wildman–Crippen MR) is 142 cm³/mol. The molecular weight excluding hydrogens is 696 g/mol. The number of likely N-dealkylation sites (tertiary alicyclic amines) is 1. The van der Waals surface area contributed by atoms with Gasteiger partial charge in [-0.25, -0.2) is 12.8 Å². The van der Waals surface area contributed by atoms with Crippen molar-refractivity contribution in [2.45, 2.75) is 53.0 Å². The van der Waals surface area contributed by atoms with Crippen LogP contribution < -0.4 is 5.32 Å². The van der Waals surface area contributed by atoms with Crippen molar-refractivity contribution in [2.75, 3.05) is 19.6 Å². The summed E-state index contributed by atoms with van der Waals surface area (Å²) in [4.78, 5) is 12.6. The van der Waals surface area contributed by atoms with Crippen molar-refractivity contribution in [3.63, 3.8) is 0 Å². The maximum Gasteiger partial charge on any atom is 0.435 e. The maximum atomic E-state index is 14.9. The Bertz CT molecular complexity index is 1450. The van der Waals surface area contributed by atoms with Crippen LogP contribution in [0.5, 0.6) is 0 Å². The fourth-order valence-electron chi connectivity index (χ4n) is 5.84. The second-order valence-corrected chi connectivity index (χ2v) is 13.5. The van der Waals surface area contributed by atoms with Crippen LogP contribution in [0.25, 0.3) is 0 Å². The molecule has 0 unspecified atom stereocenters.